The van der Waals surface area contributed by atoms with Crippen LogP contribution in [0.1, 0.15) is 349 Å². The Balaban J connectivity index is 5.36. The van der Waals surface area contributed by atoms with E-state index >= 15 is 0 Å². The maximum Gasteiger partial charge on any atom is 0.472 e. The average Bonchev–Trinajstić information content (AvgIpc) is 1.04. The van der Waals surface area contributed by atoms with Crippen LogP contribution in [0.25, 0.3) is 0 Å². The van der Waals surface area contributed by atoms with Crippen molar-refractivity contribution < 1.29 is 80.2 Å². The van der Waals surface area contributed by atoms with Crippen molar-refractivity contribution in [3.8, 4) is 0 Å². The van der Waals surface area contributed by atoms with Gasteiger partial charge in [-0.25, -0.2) is 9.13 Å². The fraction of sp³-hybridized carbons (Fsp3) is 0.797. The van der Waals surface area contributed by atoms with E-state index in [4.69, 9.17) is 37.0 Å². The molecule has 0 amide bonds. The highest BCUT2D eigenvalue weighted by molar-refractivity contribution is 7.47. The van der Waals surface area contributed by atoms with Crippen LogP contribution in [0.4, 0.5) is 0 Å². The van der Waals surface area contributed by atoms with Crippen molar-refractivity contribution in [2.45, 2.75) is 367 Å². The molecule has 570 valence electrons. The predicted molar refractivity (Wildman–Crippen MR) is 400 cm³/mol. The zero-order chi connectivity index (χ0) is 71.8. The van der Waals surface area contributed by atoms with Gasteiger partial charge in [0.15, 0.2) is 12.2 Å². The summed E-state index contributed by atoms with van der Waals surface area (Å²) in [6.45, 7) is 4.80. The number of aliphatic hydroxyl groups is 1. The molecule has 0 rings (SSSR count). The van der Waals surface area contributed by atoms with Gasteiger partial charge in [0, 0.05) is 25.7 Å². The van der Waals surface area contributed by atoms with Crippen LogP contribution in [0.5, 0.6) is 0 Å². The Morgan fingerprint density at radius 1 is 0.286 bits per heavy atom. The zero-order valence-corrected chi connectivity index (χ0v) is 64.0. The first kappa shape index (κ1) is 94.5. The first-order valence-corrected chi connectivity index (χ1v) is 42.2. The van der Waals surface area contributed by atoms with Gasteiger partial charge in [-0.05, 0) is 122 Å². The summed E-state index contributed by atoms with van der Waals surface area (Å²) in [4.78, 5) is 72.9. The van der Waals surface area contributed by atoms with Crippen LogP contribution in [-0.2, 0) is 65.4 Å². The molecule has 0 saturated carbocycles. The molecule has 0 aliphatic heterocycles. The highest BCUT2D eigenvalue weighted by atomic mass is 31.2. The van der Waals surface area contributed by atoms with Gasteiger partial charge in [0.2, 0.25) is 0 Å². The lowest BCUT2D eigenvalue weighted by Gasteiger charge is -2.21. The second-order valence-corrected chi connectivity index (χ2v) is 29.2. The van der Waals surface area contributed by atoms with E-state index in [0.29, 0.717) is 25.7 Å². The Hall–Kier alpha value is -3.50. The minimum absolute atomic E-state index is 0.0782. The van der Waals surface area contributed by atoms with Gasteiger partial charge in [0.05, 0.1) is 26.4 Å². The van der Waals surface area contributed by atoms with Gasteiger partial charge in [0.1, 0.15) is 19.3 Å². The maximum atomic E-state index is 13.1. The molecular weight excluding hydrogens is 1280 g/mol. The lowest BCUT2D eigenvalue weighted by molar-refractivity contribution is -0.161. The van der Waals surface area contributed by atoms with E-state index in [2.05, 4.69) is 101 Å². The van der Waals surface area contributed by atoms with Crippen molar-refractivity contribution in [3.63, 3.8) is 0 Å². The molecule has 5 unspecified atom stereocenters. The number of carbonyl (C=O) groups is 4. The van der Waals surface area contributed by atoms with Crippen LogP contribution in [-0.4, -0.2) is 96.7 Å². The Bertz CT molecular complexity index is 2140. The molecule has 98 heavy (non-hydrogen) atoms. The second-order valence-electron chi connectivity index (χ2n) is 26.3. The molecule has 0 aliphatic carbocycles. The molecule has 0 radical (unpaired) electrons. The van der Waals surface area contributed by atoms with Gasteiger partial charge in [-0.2, -0.15) is 0 Å². The maximum absolute atomic E-state index is 13.1. The van der Waals surface area contributed by atoms with Gasteiger partial charge < -0.3 is 33.8 Å². The minimum Gasteiger partial charge on any atom is -0.462 e. The van der Waals surface area contributed by atoms with Crippen LogP contribution >= 0.6 is 15.6 Å². The molecule has 0 bridgehead atoms. The van der Waals surface area contributed by atoms with Crippen molar-refractivity contribution >= 4 is 39.5 Å². The third-order valence-electron chi connectivity index (χ3n) is 16.6. The van der Waals surface area contributed by atoms with E-state index in [0.717, 1.165) is 161 Å². The van der Waals surface area contributed by atoms with Crippen LogP contribution < -0.4 is 0 Å². The van der Waals surface area contributed by atoms with Crippen molar-refractivity contribution in [1.29, 1.82) is 0 Å². The molecular formula is C79H142O17P2. The monoisotopic (exact) mass is 1420 g/mol. The lowest BCUT2D eigenvalue weighted by Crippen LogP contribution is -2.30. The molecule has 0 saturated heterocycles. The number of aliphatic hydroxyl groups excluding tert-OH is 1. The number of rotatable bonds is 74. The molecule has 5 atom stereocenters. The van der Waals surface area contributed by atoms with Crippen LogP contribution in [0.2, 0.25) is 0 Å². The summed E-state index contributed by atoms with van der Waals surface area (Å²) in [5.41, 5.74) is 0. The molecule has 0 aliphatic rings. The summed E-state index contributed by atoms with van der Waals surface area (Å²) >= 11 is 0. The van der Waals surface area contributed by atoms with Crippen molar-refractivity contribution in [2.24, 2.45) is 0 Å². The number of hydrogen-bond donors (Lipinski definition) is 3. The molecule has 0 spiro atoms. The van der Waals surface area contributed by atoms with Gasteiger partial charge >= 0.3 is 39.5 Å². The third kappa shape index (κ3) is 70.9. The number of hydrogen-bond acceptors (Lipinski definition) is 15. The van der Waals surface area contributed by atoms with Gasteiger partial charge in [-0.15, -0.1) is 0 Å². The SMILES string of the molecule is CCCCC/C=C\C/C=C\CCCCCCCC(=O)OCC(COP(=O)(O)OCC(O)COP(=O)(O)OCC(COC(=O)CCCCCCC/C=C\C/C=C\CCCCC)OC(=O)CCCCCCCCCCCCCCC)OC(=O)CCCCCCC/C=C\C/C=C\CCCCC. The standard InChI is InChI=1S/C79H142O17P2/c1-5-9-13-17-21-25-29-33-36-40-43-47-51-55-59-63-76(81)89-69-74(95-78(83)65-61-57-53-49-45-39-32-28-24-20-16-12-8-4)71-93-97(85,86)91-67-73(80)68-92-98(87,88)94-72-75(96-79(84)66-62-58-54-50-46-42-38-35-31-27-23-19-15-11-7-3)70-90-77(82)64-60-56-52-48-44-41-37-34-30-26-22-18-14-10-6-2/h21-23,25-27,33-38,73-75,80H,5-20,24,28-32,39-72H2,1-4H3,(H,85,86)(H,87,88)/b25-21-,26-22-,27-23-,36-33-,37-34-,38-35-. The summed E-state index contributed by atoms with van der Waals surface area (Å²) in [5.74, 6) is -2.19. The van der Waals surface area contributed by atoms with E-state index < -0.39 is 97.5 Å². The second kappa shape index (κ2) is 71.9. The fourth-order valence-corrected chi connectivity index (χ4v) is 12.2. The van der Waals surface area contributed by atoms with Crippen molar-refractivity contribution in [2.75, 3.05) is 39.6 Å². The van der Waals surface area contributed by atoms with E-state index in [-0.39, 0.29) is 25.7 Å². The Labute approximate surface area is 596 Å². The first-order chi connectivity index (χ1) is 47.7. The van der Waals surface area contributed by atoms with Gasteiger partial charge in [-0.1, -0.05) is 274 Å². The van der Waals surface area contributed by atoms with Crippen LogP contribution in [0, 0.1) is 0 Å². The topological polar surface area (TPSA) is 237 Å². The largest absolute Gasteiger partial charge is 0.472 e. The molecule has 0 heterocycles. The summed E-state index contributed by atoms with van der Waals surface area (Å²) < 4.78 is 68.5. The van der Waals surface area contributed by atoms with E-state index in [1.807, 2.05) is 0 Å². The Morgan fingerprint density at radius 2 is 0.500 bits per heavy atom. The summed E-state index contributed by atoms with van der Waals surface area (Å²) in [5, 5.41) is 10.6. The van der Waals surface area contributed by atoms with Crippen molar-refractivity contribution in [1.82, 2.24) is 0 Å². The third-order valence-corrected chi connectivity index (χ3v) is 18.5. The summed E-state index contributed by atoms with van der Waals surface area (Å²) in [6, 6.07) is 0. The Kier molecular flexibility index (Phi) is 69.3. The zero-order valence-electron chi connectivity index (χ0n) is 62.2. The van der Waals surface area contributed by atoms with E-state index in [1.165, 1.54) is 109 Å². The molecule has 0 aromatic carbocycles. The van der Waals surface area contributed by atoms with Gasteiger partial charge in [-0.3, -0.25) is 37.3 Å². The number of esters is 4. The number of phosphoric acid groups is 2. The predicted octanol–water partition coefficient (Wildman–Crippen LogP) is 22.4. The number of ether oxygens (including phenoxy) is 4. The average molecular weight is 1430 g/mol. The molecule has 0 aromatic heterocycles. The molecule has 17 nitrogen and oxygen atoms in total. The smallest absolute Gasteiger partial charge is 0.462 e. The number of unbranched alkanes of at least 4 members (excludes halogenated alkanes) is 36. The lowest BCUT2D eigenvalue weighted by atomic mass is 10.0. The first-order valence-electron chi connectivity index (χ1n) is 39.2. The molecule has 0 fully saturated rings. The Morgan fingerprint density at radius 3 is 0.776 bits per heavy atom. The highest BCUT2D eigenvalue weighted by Gasteiger charge is 2.30. The number of phosphoric ester groups is 2. The van der Waals surface area contributed by atoms with Gasteiger partial charge in [0.25, 0.3) is 0 Å². The normalized spacial score (nSPS) is 14.3. The summed E-state index contributed by atoms with van der Waals surface area (Å²) in [6.07, 6.45) is 71.6. The molecule has 3 N–H and O–H groups in total. The number of carbonyl (C=O) groups excluding carboxylic acids is 4. The van der Waals surface area contributed by atoms with Crippen LogP contribution in [0.3, 0.4) is 0 Å². The highest BCUT2D eigenvalue weighted by Crippen LogP contribution is 2.45. The molecule has 0 aromatic rings. The van der Waals surface area contributed by atoms with Crippen molar-refractivity contribution in [3.05, 3.63) is 72.9 Å². The minimum atomic E-state index is -4.98. The van der Waals surface area contributed by atoms with Crippen LogP contribution in [0.15, 0.2) is 72.9 Å². The summed E-state index contributed by atoms with van der Waals surface area (Å²) in [7, 11) is -9.95. The van der Waals surface area contributed by atoms with E-state index in [1.54, 1.807) is 0 Å². The molecule has 19 heteroatoms. The fourth-order valence-electron chi connectivity index (χ4n) is 10.6. The quantitative estimate of drug-likeness (QED) is 0.0169. The van der Waals surface area contributed by atoms with E-state index in [9.17, 15) is 43.2 Å². The number of allylic oxidation sites excluding steroid dienone is 12.